The number of carboxylic acid groups (broad SMARTS) is 1. The third-order valence-corrected chi connectivity index (χ3v) is 6.32. The van der Waals surface area contributed by atoms with Crippen LogP contribution < -0.4 is 5.32 Å². The van der Waals surface area contributed by atoms with Gasteiger partial charge in [-0.1, -0.05) is 60.7 Å². The molecule has 2 N–H and O–H groups in total. The van der Waals surface area contributed by atoms with Gasteiger partial charge in [0.05, 0.1) is 19.2 Å². The second-order valence-corrected chi connectivity index (χ2v) is 8.84. The van der Waals surface area contributed by atoms with Crippen LogP contribution in [0.25, 0.3) is 0 Å². The van der Waals surface area contributed by atoms with E-state index in [9.17, 15) is 14.2 Å². The summed E-state index contributed by atoms with van der Waals surface area (Å²) in [6.07, 6.45) is -0.451. The first-order valence-electron chi connectivity index (χ1n) is 9.91. The zero-order valence-corrected chi connectivity index (χ0v) is 17.9. The number of carboxylic acids is 1. The van der Waals surface area contributed by atoms with Crippen molar-refractivity contribution in [2.24, 2.45) is 0 Å². The van der Waals surface area contributed by atoms with Crippen molar-refractivity contribution in [2.45, 2.75) is 32.3 Å². The molecule has 8 heteroatoms. The van der Waals surface area contributed by atoms with Crippen LogP contribution in [0.1, 0.15) is 24.5 Å². The van der Waals surface area contributed by atoms with Crippen molar-refractivity contribution < 1.29 is 28.3 Å². The molecule has 0 aliphatic rings. The lowest BCUT2D eigenvalue weighted by Gasteiger charge is -2.24. The number of amides is 1. The molecule has 0 aliphatic carbocycles. The number of hydrogen-bond donors (Lipinski definition) is 2. The summed E-state index contributed by atoms with van der Waals surface area (Å²) in [5.41, 5.74) is 1.83. The van der Waals surface area contributed by atoms with Crippen LogP contribution in [0, 0.1) is 0 Å². The fraction of sp³-hybridized carbons (Fsp3) is 0.364. The zero-order chi connectivity index (χ0) is 21.8. The molecular weight excluding hydrogens is 405 g/mol. The number of carbonyl (C=O) groups is 2. The predicted molar refractivity (Wildman–Crippen MR) is 115 cm³/mol. The highest BCUT2D eigenvalue weighted by Crippen LogP contribution is 2.50. The van der Waals surface area contributed by atoms with Gasteiger partial charge in [-0.05, 0) is 24.5 Å². The van der Waals surface area contributed by atoms with Crippen molar-refractivity contribution in [2.75, 3.05) is 19.3 Å². The maximum Gasteiger partial charge on any atom is 0.331 e. The van der Waals surface area contributed by atoms with Crippen molar-refractivity contribution in [3.05, 3.63) is 71.8 Å². The van der Waals surface area contributed by atoms with E-state index in [0.29, 0.717) is 6.42 Å². The predicted octanol–water partition coefficient (Wildman–Crippen LogP) is 3.68. The summed E-state index contributed by atoms with van der Waals surface area (Å²) in [7, 11) is -3.56. The highest BCUT2D eigenvalue weighted by Gasteiger charge is 2.32. The van der Waals surface area contributed by atoms with Crippen LogP contribution in [0.2, 0.25) is 0 Å². The number of aryl methyl sites for hydroxylation is 1. The average Bonchev–Trinajstić information content (AvgIpc) is 2.73. The molecule has 162 valence electrons. The molecule has 0 radical (unpaired) electrons. The van der Waals surface area contributed by atoms with Crippen LogP contribution in [0.5, 0.6) is 0 Å². The van der Waals surface area contributed by atoms with Crippen LogP contribution in [0.15, 0.2) is 60.7 Å². The summed E-state index contributed by atoms with van der Waals surface area (Å²) in [6.45, 7) is 1.87. The van der Waals surface area contributed by atoms with Gasteiger partial charge in [0.15, 0.2) is 0 Å². The Labute approximate surface area is 176 Å². The van der Waals surface area contributed by atoms with Crippen LogP contribution in [0.3, 0.4) is 0 Å². The van der Waals surface area contributed by atoms with Gasteiger partial charge in [-0.25, -0.2) is 0 Å². The van der Waals surface area contributed by atoms with Crippen LogP contribution >= 0.6 is 7.60 Å². The lowest BCUT2D eigenvalue weighted by Crippen LogP contribution is -2.38. The van der Waals surface area contributed by atoms with Gasteiger partial charge < -0.3 is 14.9 Å². The molecule has 0 heterocycles. The third kappa shape index (κ3) is 8.49. The van der Waals surface area contributed by atoms with E-state index in [1.165, 1.54) is 0 Å². The second kappa shape index (κ2) is 12.3. The molecule has 30 heavy (non-hydrogen) atoms. The molecule has 0 saturated heterocycles. The number of hydrogen-bond acceptors (Lipinski definition) is 5. The molecule has 0 bridgehead atoms. The minimum atomic E-state index is -3.56. The largest absolute Gasteiger partial charge is 0.481 e. The van der Waals surface area contributed by atoms with Gasteiger partial charge >= 0.3 is 13.6 Å². The smallest absolute Gasteiger partial charge is 0.331 e. The molecule has 0 spiro atoms. The van der Waals surface area contributed by atoms with Crippen molar-refractivity contribution in [3.63, 3.8) is 0 Å². The Kier molecular flexibility index (Phi) is 9.74. The molecule has 0 fully saturated rings. The maximum absolute atomic E-state index is 13.4. The van der Waals surface area contributed by atoms with E-state index in [0.717, 1.165) is 11.1 Å². The van der Waals surface area contributed by atoms with E-state index >= 15 is 0 Å². The third-order valence-electron chi connectivity index (χ3n) is 4.33. The molecule has 2 aromatic carbocycles. The van der Waals surface area contributed by atoms with Crippen molar-refractivity contribution >= 4 is 19.5 Å². The highest BCUT2D eigenvalue weighted by atomic mass is 31.2. The summed E-state index contributed by atoms with van der Waals surface area (Å²) >= 11 is 0. The second-order valence-electron chi connectivity index (χ2n) is 6.71. The number of carbonyl (C=O) groups excluding carboxylic acids is 1. The van der Waals surface area contributed by atoms with E-state index < -0.39 is 25.6 Å². The quantitative estimate of drug-likeness (QED) is 0.467. The van der Waals surface area contributed by atoms with Crippen LogP contribution in [-0.4, -0.2) is 42.4 Å². The van der Waals surface area contributed by atoms with Gasteiger partial charge in [0, 0.05) is 13.0 Å². The Morgan fingerprint density at radius 1 is 1.03 bits per heavy atom. The van der Waals surface area contributed by atoms with Gasteiger partial charge in [-0.15, -0.1) is 0 Å². The Balaban J connectivity index is 2.13. The Morgan fingerprint density at radius 2 is 1.63 bits per heavy atom. The fourth-order valence-electron chi connectivity index (χ4n) is 2.86. The number of nitrogens with one attached hydrogen (secondary N) is 1. The minimum Gasteiger partial charge on any atom is -0.481 e. The molecule has 0 aliphatic heterocycles. The highest BCUT2D eigenvalue weighted by molar-refractivity contribution is 7.53. The molecule has 0 aromatic heterocycles. The minimum absolute atomic E-state index is 0.0359. The van der Waals surface area contributed by atoms with E-state index in [2.05, 4.69) is 5.32 Å². The summed E-state index contributed by atoms with van der Waals surface area (Å²) in [6, 6.07) is 18.8. The van der Waals surface area contributed by atoms with Gasteiger partial charge in [0.1, 0.15) is 6.10 Å². The molecule has 7 nitrogen and oxygen atoms in total. The number of rotatable bonds is 13. The van der Waals surface area contributed by atoms with Gasteiger partial charge in [0.2, 0.25) is 5.91 Å². The molecule has 0 saturated carbocycles. The maximum atomic E-state index is 13.4. The lowest BCUT2D eigenvalue weighted by atomic mass is 10.1. The van der Waals surface area contributed by atoms with E-state index in [1.54, 1.807) is 6.92 Å². The number of aliphatic carboxylic acids is 1. The average molecular weight is 433 g/mol. The molecule has 2 aromatic rings. The van der Waals surface area contributed by atoms with Crippen molar-refractivity contribution in [1.82, 2.24) is 5.32 Å². The standard InChI is InChI=1S/C22H28NO6P/c1-2-28-30(27,16-14-18-9-5-3-6-10-18)29-20(17-19-11-7-4-8-12-19)22(26)23-15-13-21(24)25/h3-12,20H,2,13-17H2,1H3,(H,23,26)(H,24,25)/t20-,30?/m0/s1. The molecular formula is C22H28NO6P. The molecule has 2 atom stereocenters. The first-order chi connectivity index (χ1) is 14.4. The van der Waals surface area contributed by atoms with E-state index in [1.807, 2.05) is 60.7 Å². The Bertz CT molecular complexity index is 843. The lowest BCUT2D eigenvalue weighted by molar-refractivity contribution is -0.137. The Hall–Kier alpha value is -2.47. The summed E-state index contributed by atoms with van der Waals surface area (Å²) < 4.78 is 24.6. The number of benzene rings is 2. The topological polar surface area (TPSA) is 102 Å². The van der Waals surface area contributed by atoms with Gasteiger partial charge in [-0.3, -0.25) is 18.7 Å². The van der Waals surface area contributed by atoms with Gasteiger partial charge in [-0.2, -0.15) is 0 Å². The van der Waals surface area contributed by atoms with E-state index in [4.69, 9.17) is 14.2 Å². The summed E-state index contributed by atoms with van der Waals surface area (Å²) in [4.78, 5) is 23.4. The van der Waals surface area contributed by atoms with Crippen molar-refractivity contribution in [1.29, 1.82) is 0 Å². The normalized spacial score (nSPS) is 13.9. The first kappa shape index (κ1) is 23.8. The van der Waals surface area contributed by atoms with Gasteiger partial charge in [0.25, 0.3) is 0 Å². The molecule has 1 unspecified atom stereocenters. The van der Waals surface area contributed by atoms with E-state index in [-0.39, 0.29) is 32.2 Å². The van der Waals surface area contributed by atoms with Crippen LogP contribution in [0.4, 0.5) is 0 Å². The summed E-state index contributed by atoms with van der Waals surface area (Å²) in [5, 5.41) is 11.3. The Morgan fingerprint density at radius 3 is 2.20 bits per heavy atom. The monoisotopic (exact) mass is 433 g/mol. The summed E-state index contributed by atoms with van der Waals surface area (Å²) in [5.74, 6) is -1.53. The zero-order valence-electron chi connectivity index (χ0n) is 17.0. The van der Waals surface area contributed by atoms with Crippen LogP contribution in [-0.2, 0) is 36.0 Å². The van der Waals surface area contributed by atoms with Crippen molar-refractivity contribution in [3.8, 4) is 0 Å². The fourth-order valence-corrected chi connectivity index (χ4v) is 4.64. The SMILES string of the molecule is CCOP(=O)(CCc1ccccc1)O[C@@H](Cc1ccccc1)C(=O)NCCC(=O)O. The first-order valence-corrected chi connectivity index (χ1v) is 11.6. The molecule has 2 rings (SSSR count). The molecule has 1 amide bonds.